The molecular formula is C21H17F6N3O2. The number of nitrogens with zero attached hydrogens (tertiary/aromatic N) is 2. The summed E-state index contributed by atoms with van der Waals surface area (Å²) in [6.45, 7) is 2.25. The van der Waals surface area contributed by atoms with Crippen LogP contribution in [0.15, 0.2) is 64.9 Å². The Bertz CT molecular complexity index is 1070. The van der Waals surface area contributed by atoms with Gasteiger partial charge in [-0.1, -0.05) is 18.2 Å². The number of ether oxygens (including phenoxy) is 1. The van der Waals surface area contributed by atoms with Gasteiger partial charge in [0.1, 0.15) is 22.7 Å². The van der Waals surface area contributed by atoms with E-state index in [-0.39, 0.29) is 17.9 Å². The first kappa shape index (κ1) is 23.3. The summed E-state index contributed by atoms with van der Waals surface area (Å²) in [4.78, 5) is 20.9. The first-order chi connectivity index (χ1) is 14.9. The number of rotatable bonds is 5. The molecule has 1 aliphatic heterocycles. The molecule has 3 rings (SSSR count). The van der Waals surface area contributed by atoms with Crippen LogP contribution in [-0.2, 0) is 15.1 Å². The lowest BCUT2D eigenvalue weighted by molar-refractivity contribution is -0.266. The highest BCUT2D eigenvalue weighted by Crippen LogP contribution is 2.47. The van der Waals surface area contributed by atoms with Gasteiger partial charge in [-0.05, 0) is 43.7 Å². The third-order valence-corrected chi connectivity index (χ3v) is 4.78. The first-order valence-corrected chi connectivity index (χ1v) is 9.33. The molecule has 5 nitrogen and oxygen atoms in total. The average molecular weight is 457 g/mol. The van der Waals surface area contributed by atoms with Crippen LogP contribution in [0.3, 0.4) is 0 Å². The highest BCUT2D eigenvalue weighted by atomic mass is 19.4. The van der Waals surface area contributed by atoms with Gasteiger partial charge in [0.2, 0.25) is 0 Å². The van der Waals surface area contributed by atoms with Crippen molar-refractivity contribution in [2.24, 2.45) is 4.99 Å². The predicted octanol–water partition coefficient (Wildman–Crippen LogP) is 4.50. The van der Waals surface area contributed by atoms with E-state index in [1.807, 2.05) is 5.32 Å². The standard InChI is InChI=1S/C21H17F6N3O2/c1-3-32-18(31)15-16(20(23,24)21(25,26)27)29-17(14-6-4-5-11-28-14)30-19(15,2)12-7-9-13(22)10-8-12/h4-11H,3H2,1-2H3,(H,29,30)/t19-/m1/s1. The van der Waals surface area contributed by atoms with Crippen molar-refractivity contribution in [3.63, 3.8) is 0 Å². The second kappa shape index (κ2) is 8.29. The van der Waals surface area contributed by atoms with Crippen LogP contribution in [0.2, 0.25) is 0 Å². The minimum atomic E-state index is -6.04. The molecule has 1 N–H and O–H groups in total. The van der Waals surface area contributed by atoms with Crippen molar-refractivity contribution in [3.05, 3.63) is 77.0 Å². The number of allylic oxidation sites excluding steroid dienone is 1. The van der Waals surface area contributed by atoms with Crippen molar-refractivity contribution in [1.29, 1.82) is 0 Å². The SMILES string of the molecule is CCOC(=O)C1=C(C(F)(F)C(F)(F)F)NC(c2ccccn2)=N[C@]1(C)c1ccc(F)cc1. The zero-order valence-electron chi connectivity index (χ0n) is 16.8. The van der Waals surface area contributed by atoms with Gasteiger partial charge < -0.3 is 10.1 Å². The van der Waals surface area contributed by atoms with Crippen LogP contribution in [-0.4, -0.2) is 35.5 Å². The summed E-state index contributed by atoms with van der Waals surface area (Å²) in [6, 6.07) is 8.57. The zero-order valence-corrected chi connectivity index (χ0v) is 16.8. The number of carbonyl (C=O) groups excluding carboxylic acids is 1. The molecule has 1 aliphatic rings. The summed E-state index contributed by atoms with van der Waals surface area (Å²) < 4.78 is 87.9. The van der Waals surface area contributed by atoms with Crippen molar-refractivity contribution in [2.75, 3.05) is 6.61 Å². The minimum Gasteiger partial charge on any atom is -0.463 e. The molecule has 0 saturated heterocycles. The summed E-state index contributed by atoms with van der Waals surface area (Å²) in [6.07, 6.45) is -4.75. The van der Waals surface area contributed by atoms with E-state index in [4.69, 9.17) is 4.74 Å². The summed E-state index contributed by atoms with van der Waals surface area (Å²) >= 11 is 0. The summed E-state index contributed by atoms with van der Waals surface area (Å²) in [7, 11) is 0. The molecule has 170 valence electrons. The highest BCUT2D eigenvalue weighted by molar-refractivity contribution is 6.03. The maximum Gasteiger partial charge on any atom is 0.459 e. The number of nitrogens with one attached hydrogen (secondary N) is 1. The monoisotopic (exact) mass is 457 g/mol. The largest absolute Gasteiger partial charge is 0.463 e. The quantitative estimate of drug-likeness (QED) is 0.531. The molecule has 1 aromatic carbocycles. The van der Waals surface area contributed by atoms with Crippen LogP contribution in [0, 0.1) is 5.82 Å². The average Bonchev–Trinajstić information content (AvgIpc) is 2.73. The lowest BCUT2D eigenvalue weighted by Crippen LogP contribution is -2.51. The molecule has 0 saturated carbocycles. The van der Waals surface area contributed by atoms with E-state index in [9.17, 15) is 31.1 Å². The number of esters is 1. The second-order valence-corrected chi connectivity index (χ2v) is 6.92. The fourth-order valence-corrected chi connectivity index (χ4v) is 3.22. The Morgan fingerprint density at radius 2 is 1.75 bits per heavy atom. The number of aliphatic imine (C=N–C) groups is 1. The van der Waals surface area contributed by atoms with E-state index < -0.39 is 46.5 Å². The normalized spacial score (nSPS) is 19.3. The van der Waals surface area contributed by atoms with Crippen LogP contribution in [0.4, 0.5) is 26.3 Å². The Morgan fingerprint density at radius 1 is 1.09 bits per heavy atom. The van der Waals surface area contributed by atoms with Gasteiger partial charge in [-0.25, -0.2) is 14.2 Å². The van der Waals surface area contributed by atoms with Crippen LogP contribution in [0.5, 0.6) is 0 Å². The summed E-state index contributed by atoms with van der Waals surface area (Å²) in [5.41, 5.74) is -4.91. The number of alkyl halides is 5. The Morgan fingerprint density at radius 3 is 2.28 bits per heavy atom. The molecule has 0 unspecified atom stereocenters. The Labute approximate surface area is 178 Å². The molecule has 11 heteroatoms. The van der Waals surface area contributed by atoms with Crippen LogP contribution in [0.1, 0.15) is 25.1 Å². The molecule has 1 aromatic heterocycles. The van der Waals surface area contributed by atoms with Crippen LogP contribution in [0.25, 0.3) is 0 Å². The smallest absolute Gasteiger partial charge is 0.459 e. The third kappa shape index (κ3) is 4.06. The topological polar surface area (TPSA) is 63.6 Å². The van der Waals surface area contributed by atoms with Gasteiger partial charge >= 0.3 is 18.1 Å². The van der Waals surface area contributed by atoms with E-state index in [1.54, 1.807) is 0 Å². The molecule has 0 aliphatic carbocycles. The van der Waals surface area contributed by atoms with Gasteiger partial charge in [0.05, 0.1) is 12.2 Å². The second-order valence-electron chi connectivity index (χ2n) is 6.92. The number of hydrogen-bond donors (Lipinski definition) is 1. The first-order valence-electron chi connectivity index (χ1n) is 9.33. The Hall–Kier alpha value is -3.37. The molecule has 0 spiro atoms. The Balaban J connectivity index is 2.37. The van der Waals surface area contributed by atoms with Crippen molar-refractivity contribution >= 4 is 11.8 Å². The van der Waals surface area contributed by atoms with Crippen molar-refractivity contribution in [3.8, 4) is 0 Å². The molecule has 0 radical (unpaired) electrons. The fraction of sp³-hybridized carbons (Fsp3) is 0.286. The molecule has 2 heterocycles. The van der Waals surface area contributed by atoms with Crippen LogP contribution >= 0.6 is 0 Å². The zero-order chi connectivity index (χ0) is 23.7. The molecule has 0 amide bonds. The van der Waals surface area contributed by atoms with Gasteiger partial charge in [-0.2, -0.15) is 22.0 Å². The maximum absolute atomic E-state index is 14.7. The van der Waals surface area contributed by atoms with E-state index in [0.717, 1.165) is 24.3 Å². The van der Waals surface area contributed by atoms with Gasteiger partial charge in [-0.15, -0.1) is 0 Å². The van der Waals surface area contributed by atoms with Crippen molar-refractivity contribution in [2.45, 2.75) is 31.5 Å². The number of carbonyl (C=O) groups is 1. The van der Waals surface area contributed by atoms with Gasteiger partial charge in [0, 0.05) is 6.20 Å². The maximum atomic E-state index is 14.7. The number of amidine groups is 1. The number of pyridine rings is 1. The Kier molecular flexibility index (Phi) is 6.03. The van der Waals surface area contributed by atoms with Crippen molar-refractivity contribution < 1.29 is 35.9 Å². The molecular weight excluding hydrogens is 440 g/mol. The molecule has 2 aromatic rings. The van der Waals surface area contributed by atoms with E-state index in [0.29, 0.717) is 0 Å². The summed E-state index contributed by atoms with van der Waals surface area (Å²) in [5, 5.41) is 1.96. The number of aromatic nitrogens is 1. The van der Waals surface area contributed by atoms with E-state index in [2.05, 4.69) is 9.98 Å². The highest BCUT2D eigenvalue weighted by Gasteiger charge is 2.64. The van der Waals surface area contributed by atoms with Gasteiger partial charge in [-0.3, -0.25) is 4.98 Å². The third-order valence-electron chi connectivity index (χ3n) is 4.78. The van der Waals surface area contributed by atoms with Crippen LogP contribution < -0.4 is 5.32 Å². The lowest BCUT2D eigenvalue weighted by atomic mass is 9.81. The number of hydrogen-bond acceptors (Lipinski definition) is 5. The molecule has 1 atom stereocenters. The van der Waals surface area contributed by atoms with E-state index >= 15 is 0 Å². The van der Waals surface area contributed by atoms with Crippen molar-refractivity contribution in [1.82, 2.24) is 10.3 Å². The summed E-state index contributed by atoms with van der Waals surface area (Å²) in [5.74, 6) is -7.99. The minimum absolute atomic E-state index is 0.00708. The lowest BCUT2D eigenvalue weighted by Gasteiger charge is -2.37. The fourth-order valence-electron chi connectivity index (χ4n) is 3.22. The number of benzene rings is 1. The predicted molar refractivity (Wildman–Crippen MR) is 102 cm³/mol. The van der Waals surface area contributed by atoms with Gasteiger partial charge in [0.25, 0.3) is 0 Å². The molecule has 32 heavy (non-hydrogen) atoms. The van der Waals surface area contributed by atoms with E-state index in [1.165, 1.54) is 38.2 Å². The van der Waals surface area contributed by atoms with Gasteiger partial charge in [0.15, 0.2) is 5.84 Å². The molecule has 0 fully saturated rings. The molecule has 0 bridgehead atoms. The number of halogens is 6.